The third-order valence-electron chi connectivity index (χ3n) is 2.66. The summed E-state index contributed by atoms with van der Waals surface area (Å²) in [5, 5.41) is 4.24. The van der Waals surface area contributed by atoms with Crippen LogP contribution in [0, 0.1) is 5.92 Å². The van der Waals surface area contributed by atoms with Crippen molar-refractivity contribution in [3.63, 3.8) is 0 Å². The maximum Gasteiger partial charge on any atom is 0.156 e. The Kier molecular flexibility index (Phi) is 3.25. The Morgan fingerprint density at radius 3 is 2.93 bits per heavy atom. The second-order valence-corrected chi connectivity index (χ2v) is 7.51. The largest absolute Gasteiger partial charge is 0.362 e. The fourth-order valence-corrected chi connectivity index (χ4v) is 4.61. The molecule has 1 N–H and O–H groups in total. The highest BCUT2D eigenvalue weighted by molar-refractivity contribution is 8.14. The Hall–Kier alpha value is -0.230. The van der Waals surface area contributed by atoms with Crippen LogP contribution < -0.4 is 5.32 Å². The van der Waals surface area contributed by atoms with E-state index in [0.717, 1.165) is 17.3 Å². The Morgan fingerprint density at radius 2 is 2.40 bits per heavy atom. The molecule has 0 radical (unpaired) electrons. The maximum absolute atomic E-state index is 11.2. The first kappa shape index (κ1) is 11.3. The molecule has 0 spiro atoms. The second kappa shape index (κ2) is 4.33. The van der Waals surface area contributed by atoms with E-state index in [4.69, 9.17) is 0 Å². The minimum Gasteiger partial charge on any atom is -0.362 e. The summed E-state index contributed by atoms with van der Waals surface area (Å²) in [6.45, 7) is 2.77. The van der Waals surface area contributed by atoms with E-state index in [-0.39, 0.29) is 5.92 Å². The lowest BCUT2D eigenvalue weighted by molar-refractivity contribution is 0.591. The topological polar surface area (TPSA) is 58.5 Å². The molecule has 4 nitrogen and oxygen atoms in total. The quantitative estimate of drug-likeness (QED) is 0.773. The first-order chi connectivity index (χ1) is 7.05. The molecule has 2 heterocycles. The predicted molar refractivity (Wildman–Crippen MR) is 64.1 cm³/mol. The number of nitrogens with one attached hydrogen (secondary N) is 1. The average Bonchev–Trinajstić information content (AvgIpc) is 2.69. The summed E-state index contributed by atoms with van der Waals surface area (Å²) in [5.74, 6) is 1.96. The highest BCUT2D eigenvalue weighted by Gasteiger charge is 2.27. The summed E-state index contributed by atoms with van der Waals surface area (Å²) < 4.78 is 22.4. The molecule has 2 fully saturated rings. The number of nitrogens with zero attached hydrogens (tertiary/aromatic N) is 1. The van der Waals surface area contributed by atoms with Gasteiger partial charge in [-0.3, -0.25) is 4.99 Å². The Balaban J connectivity index is 1.84. The number of thioether (sulfide) groups is 1. The highest BCUT2D eigenvalue weighted by Crippen LogP contribution is 2.20. The van der Waals surface area contributed by atoms with Crippen molar-refractivity contribution in [2.24, 2.45) is 10.9 Å². The molecule has 0 amide bonds. The summed E-state index contributed by atoms with van der Waals surface area (Å²) in [6, 6.07) is 0.487. The van der Waals surface area contributed by atoms with E-state index in [9.17, 15) is 8.42 Å². The van der Waals surface area contributed by atoms with Crippen LogP contribution >= 0.6 is 11.8 Å². The zero-order valence-electron chi connectivity index (χ0n) is 8.77. The van der Waals surface area contributed by atoms with Gasteiger partial charge in [-0.05, 0) is 19.3 Å². The Morgan fingerprint density at radius 1 is 1.60 bits per heavy atom. The second-order valence-electron chi connectivity index (χ2n) is 4.27. The van der Waals surface area contributed by atoms with E-state index in [2.05, 4.69) is 17.2 Å². The molecule has 0 saturated carbocycles. The molecule has 0 bridgehead atoms. The minimum atomic E-state index is -2.75. The number of rotatable bonds is 2. The summed E-state index contributed by atoms with van der Waals surface area (Å²) >= 11 is 1.72. The van der Waals surface area contributed by atoms with E-state index in [0.29, 0.717) is 24.1 Å². The molecule has 2 saturated heterocycles. The molecule has 0 aromatic carbocycles. The van der Waals surface area contributed by atoms with E-state index in [1.807, 2.05) is 0 Å². The number of amidine groups is 1. The Bertz CT molecular complexity index is 364. The van der Waals surface area contributed by atoms with Gasteiger partial charge in [-0.15, -0.1) is 0 Å². The molecule has 2 rings (SSSR count). The highest BCUT2D eigenvalue weighted by atomic mass is 32.2. The van der Waals surface area contributed by atoms with Gasteiger partial charge in [0.25, 0.3) is 0 Å². The number of aliphatic imine (C=N–C) groups is 1. The van der Waals surface area contributed by atoms with Crippen molar-refractivity contribution in [2.45, 2.75) is 19.4 Å². The van der Waals surface area contributed by atoms with E-state index < -0.39 is 9.84 Å². The van der Waals surface area contributed by atoms with Crippen molar-refractivity contribution < 1.29 is 8.42 Å². The van der Waals surface area contributed by atoms with Gasteiger partial charge >= 0.3 is 0 Å². The van der Waals surface area contributed by atoms with Gasteiger partial charge in [0.1, 0.15) is 0 Å². The smallest absolute Gasteiger partial charge is 0.156 e. The molecular weight excluding hydrogens is 232 g/mol. The van der Waals surface area contributed by atoms with Crippen LogP contribution in [0.25, 0.3) is 0 Å². The fraction of sp³-hybridized carbons (Fsp3) is 0.889. The number of hydrogen-bond acceptors (Lipinski definition) is 4. The van der Waals surface area contributed by atoms with Gasteiger partial charge < -0.3 is 5.32 Å². The van der Waals surface area contributed by atoms with Gasteiger partial charge in [0.2, 0.25) is 0 Å². The van der Waals surface area contributed by atoms with Gasteiger partial charge in [-0.25, -0.2) is 8.42 Å². The molecule has 0 aromatic heterocycles. The summed E-state index contributed by atoms with van der Waals surface area (Å²) in [7, 11) is -2.75. The fourth-order valence-electron chi connectivity index (χ4n) is 1.82. The first-order valence-electron chi connectivity index (χ1n) is 5.19. The summed E-state index contributed by atoms with van der Waals surface area (Å²) in [4.78, 5) is 4.43. The molecule has 2 unspecified atom stereocenters. The molecule has 6 heteroatoms. The van der Waals surface area contributed by atoms with Crippen LogP contribution in [0.4, 0.5) is 0 Å². The predicted octanol–water partition coefficient (Wildman–Crippen LogP) is 0.502. The molecule has 86 valence electrons. The normalized spacial score (nSPS) is 37.0. The van der Waals surface area contributed by atoms with E-state index in [1.165, 1.54) is 0 Å². The van der Waals surface area contributed by atoms with Crippen LogP contribution in [0.15, 0.2) is 4.99 Å². The molecule has 2 atom stereocenters. The van der Waals surface area contributed by atoms with Crippen LogP contribution in [-0.4, -0.2) is 43.4 Å². The lowest BCUT2D eigenvalue weighted by Crippen LogP contribution is -2.23. The van der Waals surface area contributed by atoms with Crippen LogP contribution in [-0.2, 0) is 9.84 Å². The van der Waals surface area contributed by atoms with Gasteiger partial charge in [0.05, 0.1) is 11.5 Å². The van der Waals surface area contributed by atoms with Crippen molar-refractivity contribution in [3.05, 3.63) is 0 Å². The zero-order valence-corrected chi connectivity index (χ0v) is 10.4. The summed E-state index contributed by atoms with van der Waals surface area (Å²) in [5.41, 5.74) is 0. The first-order valence-corrected chi connectivity index (χ1v) is 8.00. The zero-order chi connectivity index (χ0) is 10.9. The van der Waals surface area contributed by atoms with Crippen LogP contribution in [0.3, 0.4) is 0 Å². The van der Waals surface area contributed by atoms with E-state index >= 15 is 0 Å². The van der Waals surface area contributed by atoms with Gasteiger partial charge in [-0.2, -0.15) is 0 Å². The molecule has 0 aliphatic carbocycles. The number of hydrogen-bond donors (Lipinski definition) is 1. The van der Waals surface area contributed by atoms with E-state index in [1.54, 1.807) is 11.8 Å². The third-order valence-corrected chi connectivity index (χ3v) is 5.68. The van der Waals surface area contributed by atoms with Crippen LogP contribution in [0.5, 0.6) is 0 Å². The SMILES string of the molecule is CC1CSC(=NCC2CCS(=O)(=O)C2)N1. The lowest BCUT2D eigenvalue weighted by Gasteiger charge is -2.04. The standard InChI is InChI=1S/C9H16N2O2S2/c1-7-5-14-9(11-7)10-4-8-2-3-15(12,13)6-8/h7-8H,2-6H2,1H3,(H,10,11). The third kappa shape index (κ3) is 3.11. The van der Waals surface area contributed by atoms with Gasteiger partial charge in [0, 0.05) is 18.3 Å². The molecule has 15 heavy (non-hydrogen) atoms. The monoisotopic (exact) mass is 248 g/mol. The molecule has 2 aliphatic rings. The number of sulfone groups is 1. The average molecular weight is 248 g/mol. The maximum atomic E-state index is 11.2. The van der Waals surface area contributed by atoms with Crippen molar-refractivity contribution in [3.8, 4) is 0 Å². The van der Waals surface area contributed by atoms with Gasteiger partial charge in [-0.1, -0.05) is 11.8 Å². The van der Waals surface area contributed by atoms with Crippen molar-refractivity contribution in [1.29, 1.82) is 0 Å². The van der Waals surface area contributed by atoms with Crippen molar-refractivity contribution >= 4 is 26.8 Å². The van der Waals surface area contributed by atoms with Gasteiger partial charge in [0.15, 0.2) is 15.0 Å². The minimum absolute atomic E-state index is 0.237. The lowest BCUT2D eigenvalue weighted by atomic mass is 10.1. The molecule has 0 aromatic rings. The summed E-state index contributed by atoms with van der Waals surface area (Å²) in [6.07, 6.45) is 0.777. The van der Waals surface area contributed by atoms with Crippen molar-refractivity contribution in [2.75, 3.05) is 23.8 Å². The van der Waals surface area contributed by atoms with Crippen LogP contribution in [0.2, 0.25) is 0 Å². The molecule has 2 aliphatic heterocycles. The van der Waals surface area contributed by atoms with Crippen LogP contribution in [0.1, 0.15) is 13.3 Å². The molecular formula is C9H16N2O2S2. The Labute approximate surface area is 94.8 Å². The van der Waals surface area contributed by atoms with Crippen molar-refractivity contribution in [1.82, 2.24) is 5.32 Å².